The van der Waals surface area contributed by atoms with Gasteiger partial charge in [-0.1, -0.05) is 0 Å². The van der Waals surface area contributed by atoms with E-state index in [0.29, 0.717) is 17.2 Å². The van der Waals surface area contributed by atoms with Crippen LogP contribution in [0.4, 0.5) is 24.7 Å². The Morgan fingerprint density at radius 1 is 1.09 bits per heavy atom. The molecule has 2 aliphatic rings. The number of hydrogen-bond acceptors (Lipinski definition) is 5. The van der Waals surface area contributed by atoms with Gasteiger partial charge in [-0.15, -0.1) is 10.2 Å². The molecule has 5 rings (SSSR count). The highest BCUT2D eigenvalue weighted by Crippen LogP contribution is 2.45. The predicted octanol–water partition coefficient (Wildman–Crippen LogP) is 4.81. The average Bonchev–Trinajstić information content (AvgIpc) is 2.79. The van der Waals surface area contributed by atoms with Crippen LogP contribution in [0, 0.1) is 11.6 Å². The third kappa shape index (κ3) is 4.10. The van der Waals surface area contributed by atoms with Gasteiger partial charge < -0.3 is 10.2 Å². The Morgan fingerprint density at radius 3 is 2.53 bits per heavy atom. The Morgan fingerprint density at radius 2 is 1.91 bits per heavy atom. The second kappa shape index (κ2) is 9.04. The first-order valence-corrected chi connectivity index (χ1v) is 11.4. The van der Waals surface area contributed by atoms with Gasteiger partial charge in [0.25, 0.3) is 0 Å². The van der Waals surface area contributed by atoms with Crippen LogP contribution in [0.15, 0.2) is 48.7 Å². The van der Waals surface area contributed by atoms with Crippen LogP contribution in [-0.4, -0.2) is 40.3 Å². The molecule has 6 nitrogen and oxygen atoms in total. The molecule has 0 spiro atoms. The van der Waals surface area contributed by atoms with Crippen LogP contribution < -0.4 is 10.2 Å². The van der Waals surface area contributed by atoms with Crippen molar-refractivity contribution in [3.63, 3.8) is 0 Å². The van der Waals surface area contributed by atoms with E-state index >= 15 is 0 Å². The summed E-state index contributed by atoms with van der Waals surface area (Å²) in [6, 6.07) is 10.7. The highest BCUT2D eigenvalue weighted by atomic mass is 19.1. The van der Waals surface area contributed by atoms with Crippen LogP contribution in [0.2, 0.25) is 0 Å². The molecule has 3 aromatic rings. The largest absolute Gasteiger partial charge is 0.368 e. The molecule has 0 bridgehead atoms. The normalized spacial score (nSPS) is 21.9. The third-order valence-corrected chi connectivity index (χ3v) is 6.86. The van der Waals surface area contributed by atoms with Gasteiger partial charge in [0.2, 0.25) is 6.41 Å². The Bertz CT molecular complexity index is 1180. The number of pyridine rings is 1. The number of halogens is 3. The molecule has 0 radical (unpaired) electrons. The number of nitrogens with zero attached hydrogens (tertiary/aromatic N) is 4. The van der Waals surface area contributed by atoms with Crippen molar-refractivity contribution in [3.05, 3.63) is 66.0 Å². The van der Waals surface area contributed by atoms with Crippen molar-refractivity contribution in [1.29, 1.82) is 0 Å². The van der Waals surface area contributed by atoms with Gasteiger partial charge in [-0.25, -0.2) is 13.2 Å². The van der Waals surface area contributed by atoms with Crippen LogP contribution in [0.3, 0.4) is 0 Å². The summed E-state index contributed by atoms with van der Waals surface area (Å²) in [6.07, 6.45) is 4.55. The maximum Gasteiger partial charge on any atom is 0.214 e. The molecule has 1 N–H and O–H groups in total. The van der Waals surface area contributed by atoms with Crippen molar-refractivity contribution in [2.45, 2.75) is 49.7 Å². The fourth-order valence-corrected chi connectivity index (χ4v) is 4.71. The highest BCUT2D eigenvalue weighted by molar-refractivity contribution is 5.79. The first-order valence-electron chi connectivity index (χ1n) is 11.4. The third-order valence-electron chi connectivity index (χ3n) is 6.86. The summed E-state index contributed by atoms with van der Waals surface area (Å²) in [4.78, 5) is 17.4. The van der Waals surface area contributed by atoms with Crippen LogP contribution >= 0.6 is 0 Å². The summed E-state index contributed by atoms with van der Waals surface area (Å²) in [7, 11) is 0. The second-order valence-corrected chi connectivity index (χ2v) is 9.04. The molecule has 1 amide bonds. The van der Waals surface area contributed by atoms with E-state index in [-0.39, 0.29) is 36.7 Å². The summed E-state index contributed by atoms with van der Waals surface area (Å²) >= 11 is 0. The lowest BCUT2D eigenvalue weighted by Gasteiger charge is -2.44. The number of carbonyl (C=O) groups excluding carboxylic acids is 1. The number of carbonyl (C=O) groups is 1. The summed E-state index contributed by atoms with van der Waals surface area (Å²) in [5, 5.41) is 11.4. The Labute approximate surface area is 195 Å². The molecule has 0 atom stereocenters. The monoisotopic (exact) mass is 467 g/mol. The van der Waals surface area contributed by atoms with E-state index in [9.17, 15) is 18.0 Å². The minimum Gasteiger partial charge on any atom is -0.368 e. The lowest BCUT2D eigenvalue weighted by molar-refractivity contribution is -0.108. The first-order chi connectivity index (χ1) is 16.5. The average molecular weight is 467 g/mol. The van der Waals surface area contributed by atoms with E-state index in [1.165, 1.54) is 24.4 Å². The van der Waals surface area contributed by atoms with E-state index in [1.54, 1.807) is 29.2 Å². The van der Waals surface area contributed by atoms with Crippen LogP contribution in [-0.2, 0) is 10.2 Å². The van der Waals surface area contributed by atoms with E-state index in [4.69, 9.17) is 0 Å². The smallest absolute Gasteiger partial charge is 0.214 e. The van der Waals surface area contributed by atoms with E-state index in [1.807, 2.05) is 0 Å². The second-order valence-electron chi connectivity index (χ2n) is 9.04. The van der Waals surface area contributed by atoms with Gasteiger partial charge in [0.1, 0.15) is 23.6 Å². The van der Waals surface area contributed by atoms with Crippen molar-refractivity contribution in [3.8, 4) is 11.3 Å². The maximum atomic E-state index is 14.6. The van der Waals surface area contributed by atoms with Gasteiger partial charge in [0.05, 0.1) is 11.4 Å². The maximum absolute atomic E-state index is 14.6. The zero-order valence-corrected chi connectivity index (χ0v) is 18.4. The van der Waals surface area contributed by atoms with Crippen molar-refractivity contribution < 1.29 is 18.0 Å². The fourth-order valence-electron chi connectivity index (χ4n) is 4.71. The lowest BCUT2D eigenvalue weighted by atomic mass is 9.65. The number of nitrogens with one attached hydrogen (secondary N) is 1. The molecular formula is C25H24F3N5O. The van der Waals surface area contributed by atoms with Crippen molar-refractivity contribution in [2.75, 3.05) is 16.8 Å². The number of amides is 1. The molecule has 2 saturated carbocycles. The van der Waals surface area contributed by atoms with Crippen molar-refractivity contribution in [1.82, 2.24) is 15.2 Å². The van der Waals surface area contributed by atoms with Gasteiger partial charge in [0.15, 0.2) is 0 Å². The van der Waals surface area contributed by atoms with Crippen molar-refractivity contribution in [2.24, 2.45) is 0 Å². The number of alkyl halides is 1. The predicted molar refractivity (Wildman–Crippen MR) is 122 cm³/mol. The quantitative estimate of drug-likeness (QED) is 0.482. The minimum absolute atomic E-state index is 0.139. The molecule has 34 heavy (non-hydrogen) atoms. The van der Waals surface area contributed by atoms with Gasteiger partial charge in [-0.05, 0) is 74.6 Å². The standard InChI is InChI=1S/C25H24F3N5O/c26-16-12-25(13-16,24-21(28)5-2-10-29-24)14-30-23-9-8-22(31-32-23)19-11-18(6-7-20(19)27)33(15-34)17-3-1-4-17/h2,5-11,15-17H,1,3-4,12-14H2,(H,30,32). The number of rotatable bonds is 8. The Kier molecular flexibility index (Phi) is 5.93. The molecule has 0 aliphatic heterocycles. The van der Waals surface area contributed by atoms with Crippen molar-refractivity contribution >= 4 is 17.9 Å². The summed E-state index contributed by atoms with van der Waals surface area (Å²) in [6.45, 7) is 0.245. The number of aromatic nitrogens is 3. The van der Waals surface area contributed by atoms with Crippen LogP contribution in [0.25, 0.3) is 11.3 Å². The lowest BCUT2D eigenvalue weighted by Crippen LogP contribution is -2.49. The van der Waals surface area contributed by atoms with Gasteiger partial charge >= 0.3 is 0 Å². The fraction of sp³-hybridized carbons (Fsp3) is 0.360. The summed E-state index contributed by atoms with van der Waals surface area (Å²) < 4.78 is 42.7. The topological polar surface area (TPSA) is 71.0 Å². The molecule has 2 aliphatic carbocycles. The molecule has 176 valence electrons. The van der Waals surface area contributed by atoms with Crippen LogP contribution in [0.1, 0.15) is 37.8 Å². The van der Waals surface area contributed by atoms with Gasteiger partial charge in [-0.2, -0.15) is 0 Å². The highest BCUT2D eigenvalue weighted by Gasteiger charge is 2.48. The number of hydrogen-bond donors (Lipinski definition) is 1. The molecule has 2 heterocycles. The zero-order valence-electron chi connectivity index (χ0n) is 18.4. The van der Waals surface area contributed by atoms with Gasteiger partial charge in [0, 0.05) is 35.4 Å². The van der Waals surface area contributed by atoms with Crippen LogP contribution in [0.5, 0.6) is 0 Å². The Balaban J connectivity index is 1.33. The molecule has 0 saturated heterocycles. The number of anilines is 2. The molecule has 9 heteroatoms. The Hall–Kier alpha value is -3.49. The molecule has 2 fully saturated rings. The minimum atomic E-state index is -1.00. The number of benzene rings is 1. The first kappa shape index (κ1) is 22.3. The zero-order chi connectivity index (χ0) is 23.7. The molecule has 0 unspecified atom stereocenters. The summed E-state index contributed by atoms with van der Waals surface area (Å²) in [5.41, 5.74) is 0.665. The molecular weight excluding hydrogens is 443 g/mol. The van der Waals surface area contributed by atoms with Gasteiger partial charge in [-0.3, -0.25) is 9.78 Å². The van der Waals surface area contributed by atoms with E-state index in [0.717, 1.165) is 25.7 Å². The SMILES string of the molecule is O=CN(c1ccc(F)c(-c2ccc(NCC3(c4ncccc4F)CC(F)C3)nn2)c1)C1CCC1. The molecule has 1 aromatic carbocycles. The van der Waals surface area contributed by atoms with E-state index < -0.39 is 23.2 Å². The summed E-state index contributed by atoms with van der Waals surface area (Å²) in [5.74, 6) is -0.521. The molecule has 2 aromatic heterocycles. The van der Waals surface area contributed by atoms with E-state index in [2.05, 4.69) is 20.5 Å².